The molecule has 0 aromatic heterocycles. The third-order valence-corrected chi connectivity index (χ3v) is 6.03. The van der Waals surface area contributed by atoms with E-state index in [0.29, 0.717) is 29.2 Å². The molecule has 0 bridgehead atoms. The zero-order valence-electron chi connectivity index (χ0n) is 13.9. The van der Waals surface area contributed by atoms with Crippen LogP contribution >= 0.6 is 11.8 Å². The van der Waals surface area contributed by atoms with E-state index in [4.69, 9.17) is 0 Å². The molecule has 7 nitrogen and oxygen atoms in total. The molecule has 0 atom stereocenters. The van der Waals surface area contributed by atoms with Crippen LogP contribution in [0.3, 0.4) is 0 Å². The Morgan fingerprint density at radius 1 is 1.12 bits per heavy atom. The van der Waals surface area contributed by atoms with Crippen LogP contribution in [0.2, 0.25) is 0 Å². The summed E-state index contributed by atoms with van der Waals surface area (Å²) >= 11 is 1.51. The van der Waals surface area contributed by atoms with Gasteiger partial charge in [0.15, 0.2) is 0 Å². The van der Waals surface area contributed by atoms with Gasteiger partial charge < -0.3 is 10.6 Å². The largest absolute Gasteiger partial charge is 0.326 e. The number of anilines is 3. The number of carbonyl (C=O) groups is 2. The van der Waals surface area contributed by atoms with Crippen molar-refractivity contribution in [2.24, 2.45) is 0 Å². The molecule has 0 fully saturated rings. The summed E-state index contributed by atoms with van der Waals surface area (Å²) in [5.74, 6) is 0.319. The molecule has 1 heterocycles. The van der Waals surface area contributed by atoms with Crippen molar-refractivity contribution < 1.29 is 18.0 Å². The minimum absolute atomic E-state index is 0.0602. The zero-order chi connectivity index (χ0) is 18.7. The third kappa shape index (κ3) is 4.36. The number of amides is 2. The molecule has 2 aromatic carbocycles. The zero-order valence-corrected chi connectivity index (χ0v) is 15.5. The van der Waals surface area contributed by atoms with E-state index < -0.39 is 10.0 Å². The molecule has 0 saturated carbocycles. The molecule has 2 amide bonds. The molecule has 0 spiro atoms. The Morgan fingerprint density at radius 3 is 2.50 bits per heavy atom. The van der Waals surface area contributed by atoms with Crippen LogP contribution in [0, 0.1) is 0 Å². The van der Waals surface area contributed by atoms with Gasteiger partial charge in [-0.3, -0.25) is 14.3 Å². The van der Waals surface area contributed by atoms with Crippen molar-refractivity contribution in [3.63, 3.8) is 0 Å². The van der Waals surface area contributed by atoms with Gasteiger partial charge in [0.2, 0.25) is 11.8 Å². The van der Waals surface area contributed by atoms with E-state index in [9.17, 15) is 18.0 Å². The Kier molecular flexibility index (Phi) is 5.19. The lowest BCUT2D eigenvalue weighted by atomic mass is 10.3. The summed E-state index contributed by atoms with van der Waals surface area (Å²) in [6.45, 7) is 1.39. The molecule has 26 heavy (non-hydrogen) atoms. The number of rotatable bonds is 4. The van der Waals surface area contributed by atoms with Gasteiger partial charge in [-0.15, -0.1) is 11.8 Å². The molecule has 136 valence electrons. The first-order valence-corrected chi connectivity index (χ1v) is 10.3. The number of hydrogen-bond donors (Lipinski definition) is 3. The molecular formula is C17H17N3O4S2. The Labute approximate surface area is 155 Å². The van der Waals surface area contributed by atoms with Gasteiger partial charge in [-0.05, 0) is 42.5 Å². The number of thioether (sulfide) groups is 1. The number of nitrogens with one attached hydrogen (secondary N) is 3. The second kappa shape index (κ2) is 7.38. The summed E-state index contributed by atoms with van der Waals surface area (Å²) in [4.78, 5) is 23.6. The van der Waals surface area contributed by atoms with Gasteiger partial charge in [0, 0.05) is 35.4 Å². The van der Waals surface area contributed by atoms with E-state index in [2.05, 4.69) is 15.4 Å². The van der Waals surface area contributed by atoms with E-state index in [0.717, 1.165) is 4.90 Å². The van der Waals surface area contributed by atoms with Gasteiger partial charge in [0.25, 0.3) is 10.0 Å². The predicted octanol–water partition coefficient (Wildman–Crippen LogP) is 2.88. The van der Waals surface area contributed by atoms with E-state index in [1.165, 1.54) is 30.8 Å². The Balaban J connectivity index is 1.82. The van der Waals surface area contributed by atoms with Gasteiger partial charge in [0.1, 0.15) is 0 Å². The van der Waals surface area contributed by atoms with Crippen molar-refractivity contribution in [3.05, 3.63) is 42.5 Å². The van der Waals surface area contributed by atoms with Crippen LogP contribution in [-0.2, 0) is 19.6 Å². The highest BCUT2D eigenvalue weighted by Crippen LogP contribution is 2.33. The SMILES string of the molecule is CC(=O)Nc1ccc(NS(=O)(=O)c2ccc3c(c2)NC(=O)CCS3)cc1. The van der Waals surface area contributed by atoms with Crippen molar-refractivity contribution in [3.8, 4) is 0 Å². The van der Waals surface area contributed by atoms with Gasteiger partial charge in [-0.2, -0.15) is 0 Å². The molecule has 0 saturated heterocycles. The maximum absolute atomic E-state index is 12.6. The lowest BCUT2D eigenvalue weighted by Gasteiger charge is -2.12. The minimum Gasteiger partial charge on any atom is -0.326 e. The quantitative estimate of drug-likeness (QED) is 0.743. The smallest absolute Gasteiger partial charge is 0.261 e. The maximum atomic E-state index is 12.6. The Bertz CT molecular complexity index is 956. The molecule has 9 heteroatoms. The van der Waals surface area contributed by atoms with Crippen molar-refractivity contribution in [2.45, 2.75) is 23.1 Å². The second-order valence-electron chi connectivity index (χ2n) is 5.67. The first-order valence-electron chi connectivity index (χ1n) is 7.81. The highest BCUT2D eigenvalue weighted by Gasteiger charge is 2.19. The molecule has 1 aliphatic heterocycles. The summed E-state index contributed by atoms with van der Waals surface area (Å²) in [6.07, 6.45) is 0.389. The molecular weight excluding hydrogens is 374 g/mol. The molecule has 2 aromatic rings. The fourth-order valence-corrected chi connectivity index (χ4v) is 4.43. The summed E-state index contributed by atoms with van der Waals surface area (Å²) in [5.41, 5.74) is 1.44. The van der Waals surface area contributed by atoms with Crippen molar-refractivity contribution in [1.82, 2.24) is 0 Å². The van der Waals surface area contributed by atoms with Gasteiger partial charge in [-0.25, -0.2) is 8.42 Å². The third-order valence-electron chi connectivity index (χ3n) is 3.58. The summed E-state index contributed by atoms with van der Waals surface area (Å²) in [6, 6.07) is 11.0. The predicted molar refractivity (Wildman–Crippen MR) is 102 cm³/mol. The van der Waals surface area contributed by atoms with Crippen molar-refractivity contribution >= 4 is 50.7 Å². The molecule has 3 N–H and O–H groups in total. The summed E-state index contributed by atoms with van der Waals surface area (Å²) in [7, 11) is -3.81. The summed E-state index contributed by atoms with van der Waals surface area (Å²) < 4.78 is 27.7. The average molecular weight is 391 g/mol. The number of carbonyl (C=O) groups excluding carboxylic acids is 2. The van der Waals surface area contributed by atoms with Crippen LogP contribution in [0.4, 0.5) is 17.1 Å². The first-order chi connectivity index (χ1) is 12.3. The minimum atomic E-state index is -3.81. The number of benzene rings is 2. The van der Waals surface area contributed by atoms with E-state index in [1.807, 2.05) is 0 Å². The molecule has 0 aliphatic carbocycles. The van der Waals surface area contributed by atoms with Crippen LogP contribution in [-0.4, -0.2) is 26.0 Å². The topological polar surface area (TPSA) is 104 Å². The standard InChI is InChI=1S/C17H17N3O4S2/c1-11(21)18-12-2-4-13(5-3-12)20-26(23,24)14-6-7-16-15(10-14)19-17(22)8-9-25-16/h2-7,10,20H,8-9H2,1H3,(H,18,21)(H,19,22). The Hall–Kier alpha value is -2.52. The van der Waals surface area contributed by atoms with Crippen molar-refractivity contribution in [1.29, 1.82) is 0 Å². The molecule has 1 aliphatic rings. The van der Waals surface area contributed by atoms with Crippen LogP contribution < -0.4 is 15.4 Å². The van der Waals surface area contributed by atoms with Gasteiger partial charge >= 0.3 is 0 Å². The fraction of sp³-hybridized carbons (Fsp3) is 0.176. The first kappa shape index (κ1) is 18.3. The van der Waals surface area contributed by atoms with Crippen LogP contribution in [0.15, 0.2) is 52.3 Å². The lowest BCUT2D eigenvalue weighted by Crippen LogP contribution is -2.14. The number of hydrogen-bond acceptors (Lipinski definition) is 5. The maximum Gasteiger partial charge on any atom is 0.261 e. The number of sulfonamides is 1. The monoisotopic (exact) mass is 391 g/mol. The van der Waals surface area contributed by atoms with E-state index in [1.54, 1.807) is 30.3 Å². The van der Waals surface area contributed by atoms with Crippen LogP contribution in [0.5, 0.6) is 0 Å². The van der Waals surface area contributed by atoms with Gasteiger partial charge in [-0.1, -0.05) is 0 Å². The molecule has 0 radical (unpaired) electrons. The Morgan fingerprint density at radius 2 is 1.81 bits per heavy atom. The molecule has 3 rings (SSSR count). The van der Waals surface area contributed by atoms with Crippen LogP contribution in [0.1, 0.15) is 13.3 Å². The van der Waals surface area contributed by atoms with Crippen molar-refractivity contribution in [2.75, 3.05) is 21.1 Å². The normalized spacial score (nSPS) is 14.0. The average Bonchev–Trinajstić information content (AvgIpc) is 2.75. The number of fused-ring (bicyclic) bond motifs is 1. The second-order valence-corrected chi connectivity index (χ2v) is 8.49. The highest BCUT2D eigenvalue weighted by atomic mass is 32.2. The highest BCUT2D eigenvalue weighted by molar-refractivity contribution is 7.99. The lowest BCUT2D eigenvalue weighted by molar-refractivity contribution is -0.116. The van der Waals surface area contributed by atoms with Crippen LogP contribution in [0.25, 0.3) is 0 Å². The van der Waals surface area contributed by atoms with E-state index in [-0.39, 0.29) is 16.7 Å². The van der Waals surface area contributed by atoms with Gasteiger partial charge in [0.05, 0.1) is 10.6 Å². The fourth-order valence-electron chi connectivity index (χ4n) is 2.41. The van der Waals surface area contributed by atoms with E-state index >= 15 is 0 Å². The molecule has 0 unspecified atom stereocenters. The summed E-state index contributed by atoms with van der Waals surface area (Å²) in [5, 5.41) is 5.34.